The van der Waals surface area contributed by atoms with E-state index in [1.165, 1.54) is 18.8 Å². The second kappa shape index (κ2) is 13.5. The third-order valence-electron chi connectivity index (χ3n) is 3.11. The molecule has 144 valence electrons. The Bertz CT molecular complexity index is 458. The number of hydrogen-bond donors (Lipinski definition) is 2. The van der Waals surface area contributed by atoms with Crippen molar-refractivity contribution in [3.8, 4) is 0 Å². The lowest BCUT2D eigenvalue weighted by molar-refractivity contribution is -0.157. The predicted molar refractivity (Wildman–Crippen MR) is 95.0 cm³/mol. The molecule has 0 aromatic heterocycles. The molecule has 2 atom stereocenters. The molecule has 2 N–H and O–H groups in total. The van der Waals surface area contributed by atoms with E-state index in [1.807, 2.05) is 0 Å². The van der Waals surface area contributed by atoms with Gasteiger partial charge in [-0.15, -0.1) is 0 Å². The molecule has 0 fully saturated rings. The smallest absolute Gasteiger partial charge is 0.305 e. The first-order chi connectivity index (χ1) is 11.9. The molecule has 0 saturated heterocycles. The summed E-state index contributed by atoms with van der Waals surface area (Å²) in [6.45, 7) is 5.02. The third kappa shape index (κ3) is 10.6. The lowest BCUT2D eigenvalue weighted by Gasteiger charge is -2.20. The molecule has 0 aliphatic heterocycles. The van der Waals surface area contributed by atoms with Crippen LogP contribution in [0.2, 0.25) is 0 Å². The molecule has 0 aliphatic rings. The monoisotopic (exact) mass is 376 g/mol. The van der Waals surface area contributed by atoms with Gasteiger partial charge in [-0.3, -0.25) is 19.2 Å². The maximum absolute atomic E-state index is 11.8. The Morgan fingerprint density at radius 1 is 0.960 bits per heavy atom. The van der Waals surface area contributed by atoms with Crippen LogP contribution in [0.4, 0.5) is 0 Å². The molecule has 0 aromatic carbocycles. The van der Waals surface area contributed by atoms with Crippen LogP contribution >= 0.6 is 11.8 Å². The van der Waals surface area contributed by atoms with Gasteiger partial charge < -0.3 is 20.1 Å². The fourth-order valence-corrected chi connectivity index (χ4v) is 2.68. The lowest BCUT2D eigenvalue weighted by Crippen LogP contribution is -2.47. The van der Waals surface area contributed by atoms with E-state index in [9.17, 15) is 19.2 Å². The van der Waals surface area contributed by atoms with Gasteiger partial charge in [-0.1, -0.05) is 20.8 Å². The van der Waals surface area contributed by atoms with E-state index in [2.05, 4.69) is 10.6 Å². The van der Waals surface area contributed by atoms with Crippen molar-refractivity contribution in [1.29, 1.82) is 0 Å². The summed E-state index contributed by atoms with van der Waals surface area (Å²) in [6.07, 6.45) is 0.141. The fraction of sp³-hybridized carbons (Fsp3) is 0.750. The van der Waals surface area contributed by atoms with E-state index < -0.39 is 12.1 Å². The largest absolute Gasteiger partial charge is 0.462 e. The van der Waals surface area contributed by atoms with E-state index in [0.29, 0.717) is 11.5 Å². The second-order valence-electron chi connectivity index (χ2n) is 5.13. The van der Waals surface area contributed by atoms with Gasteiger partial charge in [-0.2, -0.15) is 11.8 Å². The average Bonchev–Trinajstić information content (AvgIpc) is 2.63. The number of likely N-dealkylation sites (N-methyl/N-ethyl adjacent to an activating group) is 1. The van der Waals surface area contributed by atoms with Crippen molar-refractivity contribution in [3.63, 3.8) is 0 Å². The Hall–Kier alpha value is -1.77. The van der Waals surface area contributed by atoms with Crippen LogP contribution in [-0.4, -0.2) is 61.1 Å². The van der Waals surface area contributed by atoms with Crippen molar-refractivity contribution >= 4 is 35.5 Å². The summed E-state index contributed by atoms with van der Waals surface area (Å²) in [6, 6.07) is -0.678. The highest BCUT2D eigenvalue weighted by Gasteiger charge is 2.21. The SMILES string of the molecule is CCC(=O)N[C@@H](CSCC(COC(=O)CC)OC(=O)CC)C(=O)NC. The van der Waals surface area contributed by atoms with Crippen molar-refractivity contribution in [3.05, 3.63) is 0 Å². The van der Waals surface area contributed by atoms with Crippen LogP contribution in [0, 0.1) is 0 Å². The Morgan fingerprint density at radius 3 is 2.12 bits per heavy atom. The molecule has 0 spiro atoms. The average molecular weight is 376 g/mol. The molecule has 0 saturated carbocycles. The van der Waals surface area contributed by atoms with Crippen LogP contribution in [0.5, 0.6) is 0 Å². The zero-order valence-corrected chi connectivity index (χ0v) is 16.1. The fourth-order valence-electron chi connectivity index (χ4n) is 1.64. The van der Waals surface area contributed by atoms with E-state index in [1.54, 1.807) is 20.8 Å². The number of thioether (sulfide) groups is 1. The molecule has 0 radical (unpaired) electrons. The van der Waals surface area contributed by atoms with Gasteiger partial charge in [0, 0.05) is 37.8 Å². The number of carbonyl (C=O) groups is 4. The molecule has 25 heavy (non-hydrogen) atoms. The molecule has 8 nitrogen and oxygen atoms in total. The van der Waals surface area contributed by atoms with Gasteiger partial charge in [0.25, 0.3) is 0 Å². The minimum Gasteiger partial charge on any atom is -0.462 e. The first-order valence-electron chi connectivity index (χ1n) is 8.31. The quantitative estimate of drug-likeness (QED) is 0.481. The maximum Gasteiger partial charge on any atom is 0.305 e. The van der Waals surface area contributed by atoms with E-state index in [0.717, 1.165) is 0 Å². The first-order valence-corrected chi connectivity index (χ1v) is 9.47. The summed E-state index contributed by atoms with van der Waals surface area (Å²) in [5.41, 5.74) is 0. The van der Waals surface area contributed by atoms with Crippen molar-refractivity contribution in [2.45, 2.75) is 52.2 Å². The Balaban J connectivity index is 4.59. The highest BCUT2D eigenvalue weighted by Crippen LogP contribution is 2.10. The number of carbonyl (C=O) groups excluding carboxylic acids is 4. The van der Waals surface area contributed by atoms with Crippen LogP contribution in [0.3, 0.4) is 0 Å². The molecule has 0 aliphatic carbocycles. The third-order valence-corrected chi connectivity index (χ3v) is 4.29. The number of rotatable bonds is 12. The summed E-state index contributed by atoms with van der Waals surface area (Å²) >= 11 is 1.33. The molecular weight excluding hydrogens is 348 g/mol. The molecule has 9 heteroatoms. The van der Waals surface area contributed by atoms with Gasteiger partial charge >= 0.3 is 11.9 Å². The molecule has 0 aromatic rings. The van der Waals surface area contributed by atoms with Gasteiger partial charge in [0.05, 0.1) is 0 Å². The first kappa shape index (κ1) is 23.2. The minimum atomic E-state index is -0.678. The molecule has 1 unspecified atom stereocenters. The number of esters is 2. The number of amides is 2. The maximum atomic E-state index is 11.8. The van der Waals surface area contributed by atoms with Crippen LogP contribution in [-0.2, 0) is 28.7 Å². The molecular formula is C16H28N2O6S. The summed E-state index contributed by atoms with van der Waals surface area (Å²) in [5, 5.41) is 5.14. The van der Waals surface area contributed by atoms with Gasteiger partial charge in [0.15, 0.2) is 0 Å². The molecule has 2 amide bonds. The van der Waals surface area contributed by atoms with E-state index in [-0.39, 0.29) is 49.6 Å². The van der Waals surface area contributed by atoms with Crippen LogP contribution in [0.15, 0.2) is 0 Å². The Labute approximate surface area is 152 Å². The minimum absolute atomic E-state index is 0.0304. The Kier molecular flexibility index (Phi) is 12.6. The molecule has 0 rings (SSSR count). The highest BCUT2D eigenvalue weighted by atomic mass is 32.2. The topological polar surface area (TPSA) is 111 Å². The number of nitrogens with one attached hydrogen (secondary N) is 2. The van der Waals surface area contributed by atoms with Crippen LogP contribution in [0.1, 0.15) is 40.0 Å². The van der Waals surface area contributed by atoms with E-state index in [4.69, 9.17) is 9.47 Å². The summed E-state index contributed by atoms with van der Waals surface area (Å²) < 4.78 is 10.3. The van der Waals surface area contributed by atoms with Crippen LogP contribution in [0.25, 0.3) is 0 Å². The van der Waals surface area contributed by atoms with Crippen molar-refractivity contribution < 1.29 is 28.7 Å². The van der Waals surface area contributed by atoms with Crippen molar-refractivity contribution in [2.24, 2.45) is 0 Å². The standard InChI is InChI=1S/C16H28N2O6S/c1-5-13(19)18-12(16(22)17-4)10-25-9-11(24-15(21)7-3)8-23-14(20)6-2/h11-12H,5-10H2,1-4H3,(H,17,22)(H,18,19)/t11?,12-/m0/s1. The van der Waals surface area contributed by atoms with Gasteiger partial charge in [-0.25, -0.2) is 0 Å². The Morgan fingerprint density at radius 2 is 1.60 bits per heavy atom. The molecule has 0 bridgehead atoms. The summed E-state index contributed by atoms with van der Waals surface area (Å²) in [7, 11) is 1.49. The summed E-state index contributed by atoms with van der Waals surface area (Å²) in [5.74, 6) is -0.624. The summed E-state index contributed by atoms with van der Waals surface area (Å²) in [4.78, 5) is 46.1. The van der Waals surface area contributed by atoms with Crippen molar-refractivity contribution in [1.82, 2.24) is 10.6 Å². The number of hydrogen-bond acceptors (Lipinski definition) is 7. The zero-order valence-electron chi connectivity index (χ0n) is 15.3. The van der Waals surface area contributed by atoms with Gasteiger partial charge in [0.2, 0.25) is 11.8 Å². The number of ether oxygens (including phenoxy) is 2. The second-order valence-corrected chi connectivity index (χ2v) is 6.20. The van der Waals surface area contributed by atoms with E-state index >= 15 is 0 Å². The normalized spacial score (nSPS) is 12.6. The van der Waals surface area contributed by atoms with Gasteiger partial charge in [-0.05, 0) is 0 Å². The van der Waals surface area contributed by atoms with Gasteiger partial charge in [0.1, 0.15) is 18.8 Å². The lowest BCUT2D eigenvalue weighted by atomic mass is 10.3. The predicted octanol–water partition coefficient (Wildman–Crippen LogP) is 0.635. The zero-order chi connectivity index (χ0) is 19.2. The highest BCUT2D eigenvalue weighted by molar-refractivity contribution is 7.99. The van der Waals surface area contributed by atoms with Crippen molar-refractivity contribution in [2.75, 3.05) is 25.2 Å². The van der Waals surface area contributed by atoms with Crippen LogP contribution < -0.4 is 10.6 Å². The molecule has 0 heterocycles.